The molecular formula is C6H4F7IO. The first-order valence-electron chi connectivity index (χ1n) is 3.35. The lowest BCUT2D eigenvalue weighted by atomic mass is 10.2. The van der Waals surface area contributed by atoms with E-state index >= 15 is 0 Å². The summed E-state index contributed by atoms with van der Waals surface area (Å²) in [7, 11) is 0. The molecule has 0 saturated heterocycles. The van der Waals surface area contributed by atoms with Crippen LogP contribution < -0.4 is 0 Å². The largest absolute Gasteiger partial charge is 0.466 e. The van der Waals surface area contributed by atoms with Crippen LogP contribution in [0.2, 0.25) is 0 Å². The van der Waals surface area contributed by atoms with Gasteiger partial charge in [0.05, 0.1) is 0 Å². The van der Waals surface area contributed by atoms with Crippen molar-refractivity contribution in [3.8, 4) is 0 Å². The molecule has 0 spiro atoms. The highest BCUT2D eigenvalue weighted by atomic mass is 127. The maximum atomic E-state index is 12.5. The van der Waals surface area contributed by atoms with E-state index in [-0.39, 0.29) is 4.43 Å². The molecule has 0 amide bonds. The molecule has 90 valence electrons. The van der Waals surface area contributed by atoms with E-state index in [9.17, 15) is 30.7 Å². The van der Waals surface area contributed by atoms with Gasteiger partial charge in [0.25, 0.3) is 0 Å². The van der Waals surface area contributed by atoms with Gasteiger partial charge in [-0.15, -0.1) is 0 Å². The topological polar surface area (TPSA) is 9.23 Å². The second kappa shape index (κ2) is 5.21. The SMILES string of the molecule is FC(F)=C(F)OC(F)(F)C(F)(F)CCI. The molecule has 15 heavy (non-hydrogen) atoms. The molecular weight excluding hydrogens is 348 g/mol. The first-order chi connectivity index (χ1) is 6.64. The molecule has 0 aliphatic carbocycles. The van der Waals surface area contributed by atoms with E-state index in [4.69, 9.17) is 0 Å². The number of hydrogen-bond acceptors (Lipinski definition) is 1. The van der Waals surface area contributed by atoms with Crippen LogP contribution in [0.4, 0.5) is 30.7 Å². The number of ether oxygens (including phenoxy) is 1. The van der Waals surface area contributed by atoms with E-state index in [0.29, 0.717) is 0 Å². The van der Waals surface area contributed by atoms with Gasteiger partial charge >= 0.3 is 24.1 Å². The van der Waals surface area contributed by atoms with E-state index in [2.05, 4.69) is 4.74 Å². The molecule has 0 unspecified atom stereocenters. The highest BCUT2D eigenvalue weighted by Crippen LogP contribution is 2.40. The first kappa shape index (κ1) is 14.8. The van der Waals surface area contributed by atoms with Gasteiger partial charge in [0.15, 0.2) is 0 Å². The Bertz CT molecular complexity index is 248. The van der Waals surface area contributed by atoms with Crippen molar-refractivity contribution in [1.82, 2.24) is 0 Å². The van der Waals surface area contributed by atoms with Gasteiger partial charge in [-0.3, -0.25) is 0 Å². The summed E-state index contributed by atoms with van der Waals surface area (Å²) >= 11 is 1.38. The summed E-state index contributed by atoms with van der Waals surface area (Å²) < 4.78 is 86.6. The Kier molecular flexibility index (Phi) is 5.14. The summed E-state index contributed by atoms with van der Waals surface area (Å²) in [4.78, 5) is 0. The second-order valence-corrected chi connectivity index (χ2v) is 3.38. The molecule has 0 rings (SSSR count). The average molecular weight is 352 g/mol. The zero-order chi connectivity index (χ0) is 12.3. The van der Waals surface area contributed by atoms with Crippen LogP contribution in [0.5, 0.6) is 0 Å². The summed E-state index contributed by atoms with van der Waals surface area (Å²) in [6.45, 7) is 0. The zero-order valence-electron chi connectivity index (χ0n) is 6.85. The fraction of sp³-hybridized carbons (Fsp3) is 0.667. The minimum absolute atomic E-state index is 0.368. The summed E-state index contributed by atoms with van der Waals surface area (Å²) in [5, 5.41) is 0. The molecule has 0 radical (unpaired) electrons. The molecule has 0 aromatic rings. The lowest BCUT2D eigenvalue weighted by Crippen LogP contribution is -2.42. The summed E-state index contributed by atoms with van der Waals surface area (Å²) in [6, 6.07) is -3.01. The maximum Gasteiger partial charge on any atom is 0.466 e. The van der Waals surface area contributed by atoms with E-state index in [1.165, 1.54) is 22.6 Å². The summed E-state index contributed by atoms with van der Waals surface area (Å²) in [5.41, 5.74) is 0. The minimum atomic E-state index is -5.30. The van der Waals surface area contributed by atoms with Crippen molar-refractivity contribution in [3.05, 3.63) is 12.1 Å². The molecule has 0 aliphatic heterocycles. The van der Waals surface area contributed by atoms with Crippen LogP contribution in [0.3, 0.4) is 0 Å². The lowest BCUT2D eigenvalue weighted by Gasteiger charge is -2.24. The number of rotatable bonds is 5. The van der Waals surface area contributed by atoms with E-state index < -0.39 is 30.5 Å². The van der Waals surface area contributed by atoms with Crippen molar-refractivity contribution in [1.29, 1.82) is 0 Å². The summed E-state index contributed by atoms with van der Waals surface area (Å²) in [5.74, 6) is -4.71. The maximum absolute atomic E-state index is 12.5. The minimum Gasteiger partial charge on any atom is -0.398 e. The van der Waals surface area contributed by atoms with Crippen molar-refractivity contribution in [3.63, 3.8) is 0 Å². The first-order valence-corrected chi connectivity index (χ1v) is 4.88. The van der Waals surface area contributed by atoms with E-state index in [1.807, 2.05) is 0 Å². The molecule has 1 nitrogen and oxygen atoms in total. The van der Waals surface area contributed by atoms with Gasteiger partial charge in [0.2, 0.25) is 0 Å². The third-order valence-electron chi connectivity index (χ3n) is 1.20. The monoisotopic (exact) mass is 352 g/mol. The number of alkyl halides is 5. The van der Waals surface area contributed by atoms with Gasteiger partial charge < -0.3 is 4.74 Å². The normalized spacial score (nSPS) is 12.5. The van der Waals surface area contributed by atoms with E-state index in [0.717, 1.165) is 0 Å². The molecule has 0 heterocycles. The lowest BCUT2D eigenvalue weighted by molar-refractivity contribution is -0.340. The summed E-state index contributed by atoms with van der Waals surface area (Å²) in [6.07, 6.45) is -9.84. The third-order valence-corrected chi connectivity index (χ3v) is 1.74. The highest BCUT2D eigenvalue weighted by molar-refractivity contribution is 14.1. The van der Waals surface area contributed by atoms with Gasteiger partial charge in [-0.2, -0.15) is 30.7 Å². The molecule has 0 aromatic carbocycles. The Hall–Kier alpha value is -0.220. The van der Waals surface area contributed by atoms with Gasteiger partial charge in [0, 0.05) is 10.8 Å². The van der Waals surface area contributed by atoms with Crippen LogP contribution in [0.15, 0.2) is 12.1 Å². The highest BCUT2D eigenvalue weighted by Gasteiger charge is 2.59. The van der Waals surface area contributed by atoms with Crippen LogP contribution in [-0.2, 0) is 4.74 Å². The van der Waals surface area contributed by atoms with Crippen LogP contribution in [0.25, 0.3) is 0 Å². The van der Waals surface area contributed by atoms with Crippen molar-refractivity contribution < 1.29 is 35.5 Å². The van der Waals surface area contributed by atoms with Gasteiger partial charge in [0.1, 0.15) is 0 Å². The fourth-order valence-electron chi connectivity index (χ4n) is 0.490. The predicted octanol–water partition coefficient (Wildman–Crippen LogP) is 4.09. The van der Waals surface area contributed by atoms with Crippen molar-refractivity contribution in [2.24, 2.45) is 0 Å². The van der Waals surface area contributed by atoms with Crippen LogP contribution in [0, 0.1) is 0 Å². The molecule has 0 N–H and O–H groups in total. The van der Waals surface area contributed by atoms with Crippen LogP contribution in [0.1, 0.15) is 6.42 Å². The Labute approximate surface area is 93.4 Å². The zero-order valence-corrected chi connectivity index (χ0v) is 9.00. The Morgan fingerprint density at radius 2 is 1.53 bits per heavy atom. The molecule has 0 fully saturated rings. The number of halogens is 8. The fourth-order valence-corrected chi connectivity index (χ4v) is 1.17. The standard InChI is InChI=1S/C6H4F7IO/c7-3(8)4(9)15-6(12,13)5(10,11)1-2-14/h1-2H2. The number of hydrogen-bond donors (Lipinski definition) is 0. The van der Waals surface area contributed by atoms with Gasteiger partial charge in [-0.25, -0.2) is 0 Å². The molecule has 0 aliphatic rings. The molecule has 0 atom stereocenters. The van der Waals surface area contributed by atoms with Crippen LogP contribution >= 0.6 is 22.6 Å². The quantitative estimate of drug-likeness (QED) is 0.314. The Balaban J connectivity index is 4.75. The van der Waals surface area contributed by atoms with Crippen molar-refractivity contribution in [2.75, 3.05) is 4.43 Å². The van der Waals surface area contributed by atoms with Gasteiger partial charge in [-0.1, -0.05) is 22.6 Å². The van der Waals surface area contributed by atoms with Crippen molar-refractivity contribution >= 4 is 22.6 Å². The molecule has 9 heteroatoms. The smallest absolute Gasteiger partial charge is 0.398 e. The van der Waals surface area contributed by atoms with Gasteiger partial charge in [-0.05, 0) is 0 Å². The predicted molar refractivity (Wildman–Crippen MR) is 44.8 cm³/mol. The van der Waals surface area contributed by atoms with Crippen LogP contribution in [-0.4, -0.2) is 16.5 Å². The Morgan fingerprint density at radius 1 is 1.07 bits per heavy atom. The third kappa shape index (κ3) is 4.03. The molecule has 0 aromatic heterocycles. The average Bonchev–Trinajstić information content (AvgIpc) is 2.02. The second-order valence-electron chi connectivity index (χ2n) is 2.30. The molecule has 0 bridgehead atoms. The van der Waals surface area contributed by atoms with E-state index in [1.54, 1.807) is 0 Å². The molecule has 0 saturated carbocycles. The Morgan fingerprint density at radius 3 is 1.87 bits per heavy atom. The van der Waals surface area contributed by atoms with Crippen molar-refractivity contribution in [2.45, 2.75) is 18.5 Å².